The van der Waals surface area contributed by atoms with Crippen molar-refractivity contribution in [3.05, 3.63) is 30.2 Å². The number of nitrogens with one attached hydrogen (secondary N) is 1. The first-order chi connectivity index (χ1) is 12.2. The van der Waals surface area contributed by atoms with Crippen LogP contribution in [-0.2, 0) is 4.74 Å². The van der Waals surface area contributed by atoms with Gasteiger partial charge in [-0.3, -0.25) is 9.69 Å². The van der Waals surface area contributed by atoms with Crippen molar-refractivity contribution >= 4 is 11.6 Å². The molecule has 2 aromatic rings. The van der Waals surface area contributed by atoms with Gasteiger partial charge in [0, 0.05) is 31.5 Å². The summed E-state index contributed by atoms with van der Waals surface area (Å²) in [6.45, 7) is 3.07. The van der Waals surface area contributed by atoms with Crippen molar-refractivity contribution in [3.63, 3.8) is 0 Å². The molecule has 0 unspecified atom stereocenters. The Bertz CT molecular complexity index is 743. The highest BCUT2D eigenvalue weighted by atomic mass is 16.5. The lowest BCUT2D eigenvalue weighted by Gasteiger charge is -2.42. The minimum absolute atomic E-state index is 0.0741. The van der Waals surface area contributed by atoms with E-state index in [9.17, 15) is 9.90 Å². The van der Waals surface area contributed by atoms with Gasteiger partial charge in [0.15, 0.2) is 5.65 Å². The van der Waals surface area contributed by atoms with Crippen LogP contribution in [0.2, 0.25) is 0 Å². The largest absolute Gasteiger partial charge is 0.389 e. The average molecular weight is 345 g/mol. The highest BCUT2D eigenvalue weighted by Gasteiger charge is 2.37. The van der Waals surface area contributed by atoms with Crippen molar-refractivity contribution in [2.24, 2.45) is 0 Å². The molecule has 0 radical (unpaired) electrons. The summed E-state index contributed by atoms with van der Waals surface area (Å²) in [7, 11) is 0. The molecule has 1 amide bonds. The van der Waals surface area contributed by atoms with Crippen LogP contribution in [0.15, 0.2) is 24.7 Å². The van der Waals surface area contributed by atoms with Gasteiger partial charge in [-0.25, -0.2) is 9.50 Å². The first-order valence-corrected chi connectivity index (χ1v) is 8.83. The summed E-state index contributed by atoms with van der Waals surface area (Å²) in [5.74, 6) is -0.236. The molecule has 1 aliphatic heterocycles. The van der Waals surface area contributed by atoms with Crippen LogP contribution in [0, 0.1) is 0 Å². The van der Waals surface area contributed by atoms with Gasteiger partial charge < -0.3 is 15.2 Å². The molecule has 2 fully saturated rings. The molecule has 8 heteroatoms. The zero-order valence-corrected chi connectivity index (χ0v) is 14.0. The summed E-state index contributed by atoms with van der Waals surface area (Å²) in [6, 6.07) is 1.58. The van der Waals surface area contributed by atoms with Gasteiger partial charge in [-0.1, -0.05) is 0 Å². The van der Waals surface area contributed by atoms with Gasteiger partial charge in [-0.05, 0) is 25.3 Å². The fraction of sp³-hybridized carbons (Fsp3) is 0.588. The van der Waals surface area contributed by atoms with Crippen LogP contribution in [-0.4, -0.2) is 75.0 Å². The molecule has 8 nitrogen and oxygen atoms in total. The van der Waals surface area contributed by atoms with Gasteiger partial charge in [-0.15, -0.1) is 0 Å². The number of hydrogen-bond donors (Lipinski definition) is 2. The number of nitrogens with zero attached hydrogens (tertiary/aromatic N) is 4. The highest BCUT2D eigenvalue weighted by molar-refractivity contribution is 5.99. The van der Waals surface area contributed by atoms with Gasteiger partial charge in [-0.2, -0.15) is 5.10 Å². The van der Waals surface area contributed by atoms with E-state index in [2.05, 4.69) is 20.3 Å². The summed E-state index contributed by atoms with van der Waals surface area (Å²) < 4.78 is 6.97. The van der Waals surface area contributed by atoms with Crippen molar-refractivity contribution in [2.45, 2.75) is 37.5 Å². The molecule has 25 heavy (non-hydrogen) atoms. The van der Waals surface area contributed by atoms with E-state index in [4.69, 9.17) is 4.74 Å². The maximum atomic E-state index is 12.7. The van der Waals surface area contributed by atoms with Crippen molar-refractivity contribution in [1.82, 2.24) is 24.8 Å². The maximum absolute atomic E-state index is 12.7. The molecule has 1 saturated carbocycles. The number of aliphatic hydroxyl groups excluding tert-OH is 1. The summed E-state index contributed by atoms with van der Waals surface area (Å²) >= 11 is 0. The first-order valence-electron chi connectivity index (χ1n) is 8.83. The fourth-order valence-electron chi connectivity index (χ4n) is 3.86. The lowest BCUT2D eigenvalue weighted by molar-refractivity contribution is -0.0459. The van der Waals surface area contributed by atoms with Crippen LogP contribution in [0.1, 0.15) is 29.6 Å². The number of carbonyl (C=O) groups is 1. The second kappa shape index (κ2) is 7.07. The molecular formula is C17H23N5O3. The second-order valence-electron chi connectivity index (χ2n) is 6.66. The monoisotopic (exact) mass is 345 g/mol. The molecule has 3 atom stereocenters. The Morgan fingerprint density at radius 2 is 2.16 bits per heavy atom. The summed E-state index contributed by atoms with van der Waals surface area (Å²) in [4.78, 5) is 19.2. The van der Waals surface area contributed by atoms with Gasteiger partial charge in [0.1, 0.15) is 5.56 Å². The molecule has 1 saturated heterocycles. The Kier molecular flexibility index (Phi) is 4.65. The lowest BCUT2D eigenvalue weighted by atomic mass is 9.86. The molecular weight excluding hydrogens is 322 g/mol. The molecule has 2 N–H and O–H groups in total. The summed E-state index contributed by atoms with van der Waals surface area (Å²) in [5.41, 5.74) is 0.955. The molecule has 0 bridgehead atoms. The molecule has 2 aromatic heterocycles. The number of hydrogen-bond acceptors (Lipinski definition) is 6. The van der Waals surface area contributed by atoms with Crippen LogP contribution in [0.3, 0.4) is 0 Å². The third-order valence-corrected chi connectivity index (χ3v) is 5.18. The molecule has 134 valence electrons. The van der Waals surface area contributed by atoms with E-state index in [1.165, 1.54) is 6.20 Å². The van der Waals surface area contributed by atoms with E-state index in [0.29, 0.717) is 24.4 Å². The topological polar surface area (TPSA) is 92.0 Å². The molecule has 0 spiro atoms. The Morgan fingerprint density at radius 3 is 3.00 bits per heavy atom. The Balaban J connectivity index is 1.46. The van der Waals surface area contributed by atoms with Crippen LogP contribution in [0.25, 0.3) is 5.65 Å². The maximum Gasteiger partial charge on any atom is 0.257 e. The minimum Gasteiger partial charge on any atom is -0.389 e. The van der Waals surface area contributed by atoms with Gasteiger partial charge in [0.25, 0.3) is 5.91 Å². The van der Waals surface area contributed by atoms with Crippen molar-refractivity contribution in [3.8, 4) is 0 Å². The van der Waals surface area contributed by atoms with E-state index < -0.39 is 6.10 Å². The van der Waals surface area contributed by atoms with Gasteiger partial charge >= 0.3 is 0 Å². The Labute approximate surface area is 145 Å². The number of morpholine rings is 1. The summed E-state index contributed by atoms with van der Waals surface area (Å²) in [6.07, 6.45) is 7.04. The minimum atomic E-state index is -0.578. The van der Waals surface area contributed by atoms with Crippen molar-refractivity contribution in [1.29, 1.82) is 0 Å². The molecule has 0 aromatic carbocycles. The van der Waals surface area contributed by atoms with Crippen LogP contribution in [0.4, 0.5) is 0 Å². The first kappa shape index (κ1) is 16.4. The zero-order valence-electron chi connectivity index (χ0n) is 14.0. The molecule has 1 aliphatic carbocycles. The van der Waals surface area contributed by atoms with Gasteiger partial charge in [0.2, 0.25) is 0 Å². The number of ether oxygens (including phenoxy) is 1. The van der Waals surface area contributed by atoms with Crippen LogP contribution < -0.4 is 5.32 Å². The quantitative estimate of drug-likeness (QED) is 0.818. The Hall–Kier alpha value is -2.03. The van der Waals surface area contributed by atoms with E-state index in [1.807, 2.05) is 0 Å². The normalized spacial score (nSPS) is 28.1. The number of rotatable bonds is 3. The third kappa shape index (κ3) is 3.24. The molecule has 4 rings (SSSR count). The number of fused-ring (bicyclic) bond motifs is 1. The molecule has 2 aliphatic rings. The highest BCUT2D eigenvalue weighted by Crippen LogP contribution is 2.25. The number of amides is 1. The summed E-state index contributed by atoms with van der Waals surface area (Å²) in [5, 5.41) is 17.9. The SMILES string of the molecule is O=C(N[C@@H]1CCC[C@@H](N2CCOCC2)[C@@H]1O)c1cnn2cccnc12. The number of aliphatic hydroxyl groups is 1. The number of aromatic nitrogens is 3. The van der Waals surface area contributed by atoms with E-state index in [1.54, 1.807) is 23.0 Å². The Morgan fingerprint density at radius 1 is 1.32 bits per heavy atom. The van der Waals surface area contributed by atoms with Crippen molar-refractivity contribution in [2.75, 3.05) is 26.3 Å². The third-order valence-electron chi connectivity index (χ3n) is 5.18. The smallest absolute Gasteiger partial charge is 0.257 e. The van der Waals surface area contributed by atoms with E-state index >= 15 is 0 Å². The number of carbonyl (C=O) groups excluding carboxylic acids is 1. The predicted molar refractivity (Wildman–Crippen MR) is 90.3 cm³/mol. The standard InChI is InChI=1S/C17H23N5O3/c23-15-13(3-1-4-14(15)21-7-9-25-10-8-21)20-17(24)12-11-19-22-6-2-5-18-16(12)22/h2,5-6,11,13-15,23H,1,3-4,7-10H2,(H,20,24)/t13-,14-,15-/m1/s1. The second-order valence-corrected chi connectivity index (χ2v) is 6.66. The van der Waals surface area contributed by atoms with Gasteiger partial charge in [0.05, 0.1) is 31.6 Å². The molecule has 3 heterocycles. The van der Waals surface area contributed by atoms with Crippen LogP contribution in [0.5, 0.6) is 0 Å². The van der Waals surface area contributed by atoms with E-state index in [0.717, 1.165) is 32.4 Å². The lowest BCUT2D eigenvalue weighted by Crippen LogP contribution is -2.58. The van der Waals surface area contributed by atoms with Crippen LogP contribution >= 0.6 is 0 Å². The average Bonchev–Trinajstić information content (AvgIpc) is 3.08. The van der Waals surface area contributed by atoms with Crippen molar-refractivity contribution < 1.29 is 14.6 Å². The fourth-order valence-corrected chi connectivity index (χ4v) is 3.86. The van der Waals surface area contributed by atoms with E-state index in [-0.39, 0.29) is 18.0 Å². The predicted octanol–water partition coefficient (Wildman–Crippen LogP) is 0.0733. The zero-order chi connectivity index (χ0) is 17.2.